The minimum Gasteiger partial charge on any atom is -0.492 e. The molecule has 1 heterocycles. The number of nitrogens with one attached hydrogen (secondary N) is 1. The molecule has 0 aliphatic carbocycles. The SMILES string of the molecule is CCCCNc1ccc2c(c1)C(=O)CCO2. The maximum atomic E-state index is 11.7. The lowest BCUT2D eigenvalue weighted by Gasteiger charge is -2.17. The first-order valence-corrected chi connectivity index (χ1v) is 5.85. The summed E-state index contributed by atoms with van der Waals surface area (Å²) in [6.07, 6.45) is 2.80. The topological polar surface area (TPSA) is 38.3 Å². The van der Waals surface area contributed by atoms with E-state index in [1.165, 1.54) is 6.42 Å². The van der Waals surface area contributed by atoms with Crippen LogP contribution >= 0.6 is 0 Å². The molecule has 3 nitrogen and oxygen atoms in total. The van der Waals surface area contributed by atoms with Crippen LogP contribution in [0.25, 0.3) is 0 Å². The normalized spacial score (nSPS) is 14.2. The van der Waals surface area contributed by atoms with Crippen LogP contribution in [0.5, 0.6) is 5.75 Å². The van der Waals surface area contributed by atoms with E-state index in [1.54, 1.807) is 0 Å². The summed E-state index contributed by atoms with van der Waals surface area (Å²) in [5, 5.41) is 3.31. The average Bonchev–Trinajstić information content (AvgIpc) is 2.30. The standard InChI is InChI=1S/C13H17NO2/c1-2-3-7-14-10-4-5-13-11(9-10)12(15)6-8-16-13/h4-5,9,14H,2-3,6-8H2,1H3. The Kier molecular flexibility index (Phi) is 3.44. The molecule has 0 fully saturated rings. The van der Waals surface area contributed by atoms with Crippen molar-refractivity contribution < 1.29 is 9.53 Å². The van der Waals surface area contributed by atoms with Crippen molar-refractivity contribution in [3.8, 4) is 5.75 Å². The quantitative estimate of drug-likeness (QED) is 0.791. The number of anilines is 1. The monoisotopic (exact) mass is 219 g/mol. The number of rotatable bonds is 4. The molecule has 0 unspecified atom stereocenters. The largest absolute Gasteiger partial charge is 0.492 e. The van der Waals surface area contributed by atoms with Gasteiger partial charge in [-0.05, 0) is 24.6 Å². The van der Waals surface area contributed by atoms with E-state index in [2.05, 4.69) is 12.2 Å². The Morgan fingerprint density at radius 2 is 2.31 bits per heavy atom. The summed E-state index contributed by atoms with van der Waals surface area (Å²) in [4.78, 5) is 11.7. The van der Waals surface area contributed by atoms with Gasteiger partial charge in [0.1, 0.15) is 5.75 Å². The number of hydrogen-bond acceptors (Lipinski definition) is 3. The molecular weight excluding hydrogens is 202 g/mol. The molecule has 86 valence electrons. The van der Waals surface area contributed by atoms with E-state index >= 15 is 0 Å². The zero-order valence-corrected chi connectivity index (χ0v) is 9.58. The average molecular weight is 219 g/mol. The second-order valence-electron chi connectivity index (χ2n) is 4.01. The van der Waals surface area contributed by atoms with Gasteiger partial charge in [0.2, 0.25) is 0 Å². The lowest BCUT2D eigenvalue weighted by Crippen LogP contribution is -2.15. The van der Waals surface area contributed by atoms with Crippen LogP contribution in [-0.2, 0) is 0 Å². The Labute approximate surface area is 95.8 Å². The van der Waals surface area contributed by atoms with Gasteiger partial charge in [-0.3, -0.25) is 4.79 Å². The summed E-state index contributed by atoms with van der Waals surface area (Å²) >= 11 is 0. The molecule has 1 aliphatic heterocycles. The molecule has 3 heteroatoms. The first-order valence-electron chi connectivity index (χ1n) is 5.85. The summed E-state index contributed by atoms with van der Waals surface area (Å²) in [6, 6.07) is 5.74. The van der Waals surface area contributed by atoms with Crippen LogP contribution in [0.1, 0.15) is 36.5 Å². The minimum atomic E-state index is 0.181. The summed E-state index contributed by atoms with van der Waals surface area (Å²) in [5.74, 6) is 0.901. The Morgan fingerprint density at radius 1 is 1.44 bits per heavy atom. The second-order valence-corrected chi connectivity index (χ2v) is 4.01. The van der Waals surface area contributed by atoms with Crippen molar-refractivity contribution in [3.63, 3.8) is 0 Å². The van der Waals surface area contributed by atoms with Crippen LogP contribution < -0.4 is 10.1 Å². The molecule has 1 N–H and O–H groups in total. The molecule has 1 aromatic rings. The van der Waals surface area contributed by atoms with Gasteiger partial charge in [0.05, 0.1) is 12.2 Å². The van der Waals surface area contributed by atoms with Gasteiger partial charge in [-0.15, -0.1) is 0 Å². The van der Waals surface area contributed by atoms with E-state index in [0.29, 0.717) is 18.6 Å². The first kappa shape index (κ1) is 11.0. The van der Waals surface area contributed by atoms with Gasteiger partial charge < -0.3 is 10.1 Å². The van der Waals surface area contributed by atoms with Gasteiger partial charge >= 0.3 is 0 Å². The van der Waals surface area contributed by atoms with Crippen molar-refractivity contribution in [1.82, 2.24) is 0 Å². The summed E-state index contributed by atoms with van der Waals surface area (Å²) in [5.41, 5.74) is 1.72. The smallest absolute Gasteiger partial charge is 0.170 e. The van der Waals surface area contributed by atoms with Gasteiger partial charge in [-0.25, -0.2) is 0 Å². The predicted octanol–water partition coefficient (Wildman–Crippen LogP) is 2.86. The Balaban J connectivity index is 2.11. The summed E-state index contributed by atoms with van der Waals surface area (Å²) in [7, 11) is 0. The number of ether oxygens (including phenoxy) is 1. The molecule has 0 amide bonds. The molecule has 0 saturated carbocycles. The third-order valence-corrected chi connectivity index (χ3v) is 2.73. The maximum Gasteiger partial charge on any atom is 0.170 e. The Bertz CT molecular complexity index is 388. The molecular formula is C13H17NO2. The van der Waals surface area contributed by atoms with E-state index in [0.717, 1.165) is 24.4 Å². The summed E-state index contributed by atoms with van der Waals surface area (Å²) < 4.78 is 5.43. The zero-order valence-electron chi connectivity index (χ0n) is 9.58. The molecule has 0 saturated heterocycles. The number of carbonyl (C=O) groups excluding carboxylic acids is 1. The number of carbonyl (C=O) groups is 1. The summed E-state index contributed by atoms with van der Waals surface area (Å²) in [6.45, 7) is 3.62. The van der Waals surface area contributed by atoms with Gasteiger partial charge in [0.25, 0.3) is 0 Å². The van der Waals surface area contributed by atoms with Gasteiger partial charge in [-0.1, -0.05) is 13.3 Å². The molecule has 16 heavy (non-hydrogen) atoms. The Morgan fingerprint density at radius 3 is 3.12 bits per heavy atom. The van der Waals surface area contributed by atoms with Crippen molar-refractivity contribution in [1.29, 1.82) is 0 Å². The number of hydrogen-bond donors (Lipinski definition) is 1. The second kappa shape index (κ2) is 5.01. The van der Waals surface area contributed by atoms with E-state index in [9.17, 15) is 4.79 Å². The fourth-order valence-electron chi connectivity index (χ4n) is 1.78. The van der Waals surface area contributed by atoms with Crippen LogP contribution in [0.3, 0.4) is 0 Å². The van der Waals surface area contributed by atoms with Gasteiger partial charge in [0.15, 0.2) is 5.78 Å². The predicted molar refractivity (Wildman–Crippen MR) is 64.3 cm³/mol. The highest BCUT2D eigenvalue weighted by atomic mass is 16.5. The van der Waals surface area contributed by atoms with E-state index < -0.39 is 0 Å². The minimum absolute atomic E-state index is 0.181. The van der Waals surface area contributed by atoms with Crippen LogP contribution in [-0.4, -0.2) is 18.9 Å². The highest BCUT2D eigenvalue weighted by Gasteiger charge is 2.18. The lowest BCUT2D eigenvalue weighted by molar-refractivity contribution is 0.0933. The van der Waals surface area contributed by atoms with Crippen molar-refractivity contribution >= 4 is 11.5 Å². The third-order valence-electron chi connectivity index (χ3n) is 2.73. The van der Waals surface area contributed by atoms with E-state index in [4.69, 9.17) is 4.74 Å². The number of Topliss-reactive ketones (excluding diaryl/α,β-unsaturated/α-hetero) is 1. The molecule has 1 aliphatic rings. The number of ketones is 1. The maximum absolute atomic E-state index is 11.7. The highest BCUT2D eigenvalue weighted by molar-refractivity contribution is 6.00. The molecule has 1 aromatic carbocycles. The molecule has 0 radical (unpaired) electrons. The van der Waals surface area contributed by atoms with Crippen LogP contribution in [0.15, 0.2) is 18.2 Å². The molecule has 0 atom stereocenters. The van der Waals surface area contributed by atoms with Crippen molar-refractivity contribution in [2.75, 3.05) is 18.5 Å². The van der Waals surface area contributed by atoms with Crippen molar-refractivity contribution in [3.05, 3.63) is 23.8 Å². The number of unbranched alkanes of at least 4 members (excludes halogenated alkanes) is 1. The molecule has 2 rings (SSSR count). The lowest BCUT2D eigenvalue weighted by atomic mass is 10.0. The van der Waals surface area contributed by atoms with E-state index in [-0.39, 0.29) is 5.78 Å². The van der Waals surface area contributed by atoms with Gasteiger partial charge in [0, 0.05) is 18.7 Å². The van der Waals surface area contributed by atoms with Crippen LogP contribution in [0.4, 0.5) is 5.69 Å². The van der Waals surface area contributed by atoms with Crippen molar-refractivity contribution in [2.45, 2.75) is 26.2 Å². The van der Waals surface area contributed by atoms with Crippen LogP contribution in [0.2, 0.25) is 0 Å². The number of benzene rings is 1. The first-order chi connectivity index (χ1) is 7.81. The van der Waals surface area contributed by atoms with Crippen molar-refractivity contribution in [2.24, 2.45) is 0 Å². The van der Waals surface area contributed by atoms with E-state index in [1.807, 2.05) is 18.2 Å². The molecule has 0 bridgehead atoms. The fraction of sp³-hybridized carbons (Fsp3) is 0.462. The fourth-order valence-corrected chi connectivity index (χ4v) is 1.78. The molecule has 0 aromatic heterocycles. The Hall–Kier alpha value is -1.51. The highest BCUT2D eigenvalue weighted by Crippen LogP contribution is 2.27. The molecule has 0 spiro atoms. The van der Waals surface area contributed by atoms with Crippen LogP contribution in [0, 0.1) is 0 Å². The zero-order chi connectivity index (χ0) is 11.4. The third kappa shape index (κ3) is 2.35. The van der Waals surface area contributed by atoms with Gasteiger partial charge in [-0.2, -0.15) is 0 Å². The number of fused-ring (bicyclic) bond motifs is 1.